The van der Waals surface area contributed by atoms with Crippen molar-refractivity contribution in [1.29, 1.82) is 0 Å². The molecule has 0 aliphatic carbocycles. The van der Waals surface area contributed by atoms with Gasteiger partial charge in [0.1, 0.15) is 0 Å². The molecule has 0 saturated carbocycles. The summed E-state index contributed by atoms with van der Waals surface area (Å²) in [5, 5.41) is 0. The average Bonchev–Trinajstić information content (AvgIpc) is 1.38. The first kappa shape index (κ1) is 9.96. The second-order valence-electron chi connectivity index (χ2n) is 1.31. The molecule has 0 bridgehead atoms. The van der Waals surface area contributed by atoms with Crippen LogP contribution in [0.2, 0.25) is 0 Å². The van der Waals surface area contributed by atoms with Crippen LogP contribution in [0.4, 0.5) is 0 Å². The van der Waals surface area contributed by atoms with Crippen molar-refractivity contribution in [2.75, 3.05) is 0 Å². The monoisotopic (exact) mass is 162 g/mol. The van der Waals surface area contributed by atoms with Crippen LogP contribution in [-0.2, 0) is 26.2 Å². The van der Waals surface area contributed by atoms with Gasteiger partial charge in [0.25, 0.3) is 0 Å². The van der Waals surface area contributed by atoms with Gasteiger partial charge < -0.3 is 5.73 Å². The fourth-order valence-electron chi connectivity index (χ4n) is 0. The quantitative estimate of drug-likeness (QED) is 0.563. The van der Waals surface area contributed by atoms with Gasteiger partial charge in [-0.15, -0.1) is 6.04 Å². The Morgan fingerprint density at radius 1 is 1.67 bits per heavy atom. The van der Waals surface area contributed by atoms with E-state index in [1.165, 1.54) is 0 Å². The molecular formula is C4H10NZr-. The molecule has 0 aromatic heterocycles. The largest absolute Gasteiger partial charge is 0.675 e. The molecule has 0 aliphatic heterocycles. The van der Waals surface area contributed by atoms with Gasteiger partial charge in [0.05, 0.1) is 0 Å². The summed E-state index contributed by atoms with van der Waals surface area (Å²) in [6.07, 6.45) is 0.972. The molecule has 1 atom stereocenters. The molecule has 1 unspecified atom stereocenters. The predicted octanol–water partition coefficient (Wildman–Crippen LogP) is 1.83. The van der Waals surface area contributed by atoms with Gasteiger partial charge in [-0.1, -0.05) is 20.3 Å². The Morgan fingerprint density at radius 3 is 1.83 bits per heavy atom. The van der Waals surface area contributed by atoms with Crippen LogP contribution < -0.4 is 0 Å². The van der Waals surface area contributed by atoms with Gasteiger partial charge in [-0.2, -0.15) is 0 Å². The van der Waals surface area contributed by atoms with Crippen LogP contribution in [0.1, 0.15) is 20.3 Å². The molecule has 0 amide bonds. The third-order valence-electron chi connectivity index (χ3n) is 0.612. The molecule has 0 aromatic rings. The third kappa shape index (κ3) is 8.85. The minimum atomic E-state index is 0. The Bertz CT molecular complexity index is 21.5. The zero-order chi connectivity index (χ0) is 4.28. The summed E-state index contributed by atoms with van der Waals surface area (Å²) < 4.78 is 0. The summed E-state index contributed by atoms with van der Waals surface area (Å²) >= 11 is 0. The Kier molecular flexibility index (Phi) is 9.70. The molecule has 0 heterocycles. The van der Waals surface area contributed by atoms with Gasteiger partial charge in [0.2, 0.25) is 0 Å². The second-order valence-corrected chi connectivity index (χ2v) is 1.31. The van der Waals surface area contributed by atoms with Gasteiger partial charge in [-0.25, -0.2) is 0 Å². The van der Waals surface area contributed by atoms with Crippen molar-refractivity contribution in [3.63, 3.8) is 0 Å². The first-order valence-electron chi connectivity index (χ1n) is 1.98. The molecule has 0 saturated heterocycles. The Labute approximate surface area is 58.4 Å². The number of rotatable bonds is 1. The van der Waals surface area contributed by atoms with Gasteiger partial charge in [-0.3, -0.25) is 0 Å². The van der Waals surface area contributed by atoms with Crippen molar-refractivity contribution in [3.8, 4) is 0 Å². The molecule has 0 fully saturated rings. The number of hydrogen-bond donors (Lipinski definition) is 0. The molecule has 0 aliphatic rings. The standard InChI is InChI=1S/C4H10N.Zr/c1-3-4(2)5;/h4-5H,3H2,1-2H3;/q-1;. The minimum Gasteiger partial charge on any atom is -0.675 e. The molecule has 0 aromatic carbocycles. The van der Waals surface area contributed by atoms with E-state index in [0.29, 0.717) is 0 Å². The van der Waals surface area contributed by atoms with Crippen LogP contribution in [0.3, 0.4) is 0 Å². The van der Waals surface area contributed by atoms with Gasteiger partial charge >= 0.3 is 0 Å². The van der Waals surface area contributed by atoms with E-state index in [1.54, 1.807) is 0 Å². The van der Waals surface area contributed by atoms with Crippen LogP contribution in [0.15, 0.2) is 0 Å². The van der Waals surface area contributed by atoms with Crippen LogP contribution in [0.25, 0.3) is 5.73 Å². The third-order valence-corrected chi connectivity index (χ3v) is 0.612. The SMILES string of the molecule is CCC(C)[NH-].[Zr]. The maximum absolute atomic E-state index is 6.83. The van der Waals surface area contributed by atoms with E-state index in [-0.39, 0.29) is 32.2 Å². The molecule has 6 heavy (non-hydrogen) atoms. The summed E-state index contributed by atoms with van der Waals surface area (Å²) in [7, 11) is 0. The van der Waals surface area contributed by atoms with Crippen LogP contribution >= 0.6 is 0 Å². The van der Waals surface area contributed by atoms with E-state index in [0.717, 1.165) is 6.42 Å². The van der Waals surface area contributed by atoms with E-state index in [2.05, 4.69) is 0 Å². The molecule has 1 nitrogen and oxygen atoms in total. The topological polar surface area (TPSA) is 23.8 Å². The summed E-state index contributed by atoms with van der Waals surface area (Å²) in [5.74, 6) is 0. The van der Waals surface area contributed by atoms with Crippen LogP contribution in [0, 0.1) is 0 Å². The first-order chi connectivity index (χ1) is 2.27. The van der Waals surface area contributed by atoms with E-state index in [4.69, 9.17) is 5.73 Å². The van der Waals surface area contributed by atoms with E-state index in [1.807, 2.05) is 13.8 Å². The van der Waals surface area contributed by atoms with E-state index >= 15 is 0 Å². The second kappa shape index (κ2) is 5.84. The molecule has 0 spiro atoms. The van der Waals surface area contributed by atoms with Crippen molar-refractivity contribution < 1.29 is 26.2 Å². The van der Waals surface area contributed by atoms with Crippen molar-refractivity contribution in [1.82, 2.24) is 0 Å². The molecular weight excluding hydrogens is 153 g/mol. The van der Waals surface area contributed by atoms with Crippen LogP contribution in [0.5, 0.6) is 0 Å². The Morgan fingerprint density at radius 2 is 1.83 bits per heavy atom. The number of hydrogen-bond acceptors (Lipinski definition) is 0. The summed E-state index contributed by atoms with van der Waals surface area (Å²) in [4.78, 5) is 0. The van der Waals surface area contributed by atoms with Gasteiger partial charge in [-0.05, 0) is 0 Å². The summed E-state index contributed by atoms with van der Waals surface area (Å²) in [5.41, 5.74) is 6.83. The Hall–Kier alpha value is 0.843. The zero-order valence-corrected chi connectivity index (χ0v) is 6.74. The minimum absolute atomic E-state index is 0. The molecule has 36 valence electrons. The maximum Gasteiger partial charge on any atom is 0 e. The molecule has 2 heteroatoms. The molecule has 0 radical (unpaired) electrons. The summed E-state index contributed by atoms with van der Waals surface area (Å²) in [6.45, 7) is 3.90. The zero-order valence-electron chi connectivity index (χ0n) is 4.28. The van der Waals surface area contributed by atoms with Crippen molar-refractivity contribution >= 4 is 0 Å². The Balaban J connectivity index is 0. The van der Waals surface area contributed by atoms with Crippen molar-refractivity contribution in [2.24, 2.45) is 0 Å². The molecule has 1 N–H and O–H groups in total. The van der Waals surface area contributed by atoms with E-state index < -0.39 is 0 Å². The summed E-state index contributed by atoms with van der Waals surface area (Å²) in [6, 6.07) is 0.134. The van der Waals surface area contributed by atoms with Gasteiger partial charge in [0.15, 0.2) is 0 Å². The smallest absolute Gasteiger partial charge is 0 e. The number of nitrogens with one attached hydrogen (secondary N) is 1. The predicted molar refractivity (Wildman–Crippen MR) is 24.1 cm³/mol. The first-order valence-corrected chi connectivity index (χ1v) is 1.98. The molecule has 0 rings (SSSR count). The van der Waals surface area contributed by atoms with E-state index in [9.17, 15) is 0 Å². The normalized spacial score (nSPS) is 12.5. The fourth-order valence-corrected chi connectivity index (χ4v) is 0. The fraction of sp³-hybridized carbons (Fsp3) is 1.00. The maximum atomic E-state index is 6.83. The average molecular weight is 163 g/mol. The van der Waals surface area contributed by atoms with Crippen molar-refractivity contribution in [3.05, 3.63) is 5.73 Å². The van der Waals surface area contributed by atoms with Crippen LogP contribution in [-0.4, -0.2) is 6.04 Å². The van der Waals surface area contributed by atoms with Gasteiger partial charge in [0, 0.05) is 26.2 Å². The van der Waals surface area contributed by atoms with Crippen molar-refractivity contribution in [2.45, 2.75) is 26.3 Å².